The van der Waals surface area contributed by atoms with Gasteiger partial charge in [0.05, 0.1) is 13.0 Å². The van der Waals surface area contributed by atoms with Gasteiger partial charge in [0, 0.05) is 4.75 Å². The van der Waals surface area contributed by atoms with Crippen LogP contribution in [0.15, 0.2) is 36.1 Å². The van der Waals surface area contributed by atoms with Crippen LogP contribution in [0.1, 0.15) is 31.9 Å². The van der Waals surface area contributed by atoms with Crippen molar-refractivity contribution >= 4 is 105 Å². The number of carbonyl (C=O) groups is 5. The zero-order valence-corrected chi connectivity index (χ0v) is 24.4. The number of ether oxygens (including phenoxy) is 1. The molecule has 0 spiro atoms. The average Bonchev–Trinajstić information content (AvgIpc) is 3.31. The fourth-order valence-corrected chi connectivity index (χ4v) is 6.51. The normalized spacial score (nSPS) is 26.3. The molecule has 0 radical (unpaired) electrons. The van der Waals surface area contributed by atoms with E-state index in [-0.39, 0.29) is 111 Å². The van der Waals surface area contributed by atoms with Crippen molar-refractivity contribution in [1.82, 2.24) is 15.1 Å². The minimum atomic E-state index is -1.14. The summed E-state index contributed by atoms with van der Waals surface area (Å²) >= 11 is 1.35. The molecule has 4 saturated heterocycles. The molecule has 0 aromatic heterocycles. The van der Waals surface area contributed by atoms with Gasteiger partial charge in [-0.1, -0.05) is 12.1 Å². The second-order valence-electron chi connectivity index (χ2n) is 9.76. The SMILES string of the molecule is CC1(C)S[C@@H]2[C@H](NC(=O)C(N)c3ccc(O)cc3)C(=O)N2[C@H]1C(=O)O.Cl.O.O.O.O=C(O)[C@H]1C(=CCO)O[C@@H]2CC(=O)N12.[KH]. The van der Waals surface area contributed by atoms with Crippen LogP contribution in [-0.2, 0) is 28.7 Å². The van der Waals surface area contributed by atoms with Crippen LogP contribution in [-0.4, -0.2) is 169 Å². The van der Waals surface area contributed by atoms with E-state index in [1.54, 1.807) is 13.8 Å². The van der Waals surface area contributed by atoms with Gasteiger partial charge in [-0.2, -0.15) is 0 Å². The first kappa shape index (κ1) is 44.1. The molecule has 6 atom stereocenters. The third-order valence-electron chi connectivity index (χ3n) is 6.80. The van der Waals surface area contributed by atoms with Crippen LogP contribution < -0.4 is 11.1 Å². The number of rotatable bonds is 6. The number of halogens is 1. The number of hydrogen-bond acceptors (Lipinski definition) is 10. The molecule has 1 unspecified atom stereocenters. The van der Waals surface area contributed by atoms with Crippen molar-refractivity contribution in [2.75, 3.05) is 6.61 Å². The Morgan fingerprint density at radius 2 is 1.68 bits per heavy atom. The fraction of sp³-hybridized carbons (Fsp3) is 0.458. The predicted octanol–water partition coefficient (Wildman–Crippen LogP) is -3.77. The second-order valence-corrected chi connectivity index (χ2v) is 11.5. The van der Waals surface area contributed by atoms with E-state index in [0.717, 1.165) is 0 Å². The van der Waals surface area contributed by atoms with E-state index in [4.69, 9.17) is 20.7 Å². The first-order valence-electron chi connectivity index (χ1n) is 11.9. The number of phenols is 1. The van der Waals surface area contributed by atoms with E-state index < -0.39 is 64.3 Å². The summed E-state index contributed by atoms with van der Waals surface area (Å²) in [4.78, 5) is 60.5. The number of fused-ring (bicyclic) bond motifs is 2. The molecule has 4 fully saturated rings. The first-order valence-corrected chi connectivity index (χ1v) is 12.8. The summed E-state index contributed by atoms with van der Waals surface area (Å²) in [6.07, 6.45) is 1.03. The van der Waals surface area contributed by atoms with E-state index in [1.165, 1.54) is 51.9 Å². The van der Waals surface area contributed by atoms with Crippen LogP contribution in [0.3, 0.4) is 0 Å². The summed E-state index contributed by atoms with van der Waals surface area (Å²) in [7, 11) is 0. The number of carboxylic acids is 2. The molecule has 44 heavy (non-hydrogen) atoms. The van der Waals surface area contributed by atoms with Gasteiger partial charge in [0.1, 0.15) is 35.0 Å². The molecule has 0 saturated carbocycles. The van der Waals surface area contributed by atoms with E-state index in [0.29, 0.717) is 5.56 Å². The maximum absolute atomic E-state index is 12.3. The summed E-state index contributed by atoms with van der Waals surface area (Å²) in [5, 5.41) is 38.4. The number of aliphatic carboxylic acids is 2. The van der Waals surface area contributed by atoms with Crippen molar-refractivity contribution in [3.63, 3.8) is 0 Å². The predicted molar refractivity (Wildman–Crippen MR) is 159 cm³/mol. The number of β-lactam (4-membered cyclic amide) rings is 2. The van der Waals surface area contributed by atoms with Crippen LogP contribution in [0.4, 0.5) is 0 Å². The molecule has 4 aliphatic heterocycles. The molecule has 3 amide bonds. The molecular formula is C24H36ClKN4O13S. The quantitative estimate of drug-likeness (QED) is 0.123. The number of thioether (sulfide) groups is 1. The Kier molecular flexibility index (Phi) is 17.1. The molecule has 4 heterocycles. The van der Waals surface area contributed by atoms with Gasteiger partial charge in [0.25, 0.3) is 0 Å². The molecule has 17 nitrogen and oxygen atoms in total. The summed E-state index contributed by atoms with van der Waals surface area (Å²) in [6.45, 7) is 3.24. The number of nitrogens with one attached hydrogen (secondary N) is 1. The molecule has 13 N–H and O–H groups in total. The number of carbonyl (C=O) groups excluding carboxylic acids is 3. The van der Waals surface area contributed by atoms with Crippen molar-refractivity contribution < 1.29 is 65.6 Å². The standard InChI is InChI=1S/C16H19N3O5S.C8H9NO5.ClH.K.3H2O.H/c1-16(2)11(15(23)24)19-13(22)10(14(19)25-16)18-12(21)9(17)7-3-5-8(20)6-4-7;10-2-1-4-7(8(12)13)9-5(11)3-6(9)14-4;;;;;;/h3-6,9-11,14,20H,17H2,1-2H3,(H,18,21)(H,23,24);1,6-7,10H,2-3H2,(H,12,13);1H;;3*1H2;/t9?,10-,11+,14-;6-,7-;;;;;;/m11....../s1. The number of nitrogens with zero attached hydrogens (tertiary/aromatic N) is 2. The average molecular weight is 695 g/mol. The molecule has 20 heteroatoms. The van der Waals surface area contributed by atoms with Crippen LogP contribution in [0.5, 0.6) is 5.75 Å². The molecule has 5 rings (SSSR count). The monoisotopic (exact) mass is 694 g/mol. The van der Waals surface area contributed by atoms with Crippen LogP contribution in [0.25, 0.3) is 0 Å². The van der Waals surface area contributed by atoms with Gasteiger partial charge in [-0.15, -0.1) is 24.2 Å². The summed E-state index contributed by atoms with van der Waals surface area (Å²) in [6, 6.07) is 2.14. The van der Waals surface area contributed by atoms with E-state index in [2.05, 4.69) is 5.32 Å². The number of aromatic hydroxyl groups is 1. The number of amides is 3. The maximum atomic E-state index is 12.3. The van der Waals surface area contributed by atoms with Crippen molar-refractivity contribution in [2.24, 2.45) is 5.73 Å². The van der Waals surface area contributed by atoms with Crippen molar-refractivity contribution in [3.05, 3.63) is 41.7 Å². The van der Waals surface area contributed by atoms with Crippen molar-refractivity contribution in [3.8, 4) is 5.75 Å². The van der Waals surface area contributed by atoms with Crippen LogP contribution >= 0.6 is 24.2 Å². The fourth-order valence-electron chi connectivity index (χ4n) is 4.88. The number of phenolic OH excluding ortho intramolecular Hbond substituents is 1. The summed E-state index contributed by atoms with van der Waals surface area (Å²) in [5.41, 5.74) is 6.41. The third-order valence-corrected chi connectivity index (χ3v) is 8.37. The van der Waals surface area contributed by atoms with E-state index >= 15 is 0 Å². The second kappa shape index (κ2) is 17.1. The van der Waals surface area contributed by atoms with Gasteiger partial charge in [0.2, 0.25) is 17.7 Å². The molecule has 1 aromatic rings. The topological polar surface area (TPSA) is 315 Å². The minimum absolute atomic E-state index is 0. The van der Waals surface area contributed by atoms with Gasteiger partial charge in [-0.3, -0.25) is 19.3 Å². The Morgan fingerprint density at radius 1 is 1.11 bits per heavy atom. The molecule has 0 bridgehead atoms. The Labute approximate surface area is 303 Å². The van der Waals surface area contributed by atoms with Gasteiger partial charge in [0.15, 0.2) is 12.3 Å². The molecule has 244 valence electrons. The summed E-state index contributed by atoms with van der Waals surface area (Å²) < 4.78 is 4.52. The Morgan fingerprint density at radius 3 is 2.16 bits per heavy atom. The van der Waals surface area contributed by atoms with Gasteiger partial charge < -0.3 is 57.5 Å². The number of aliphatic hydroxyl groups excluding tert-OH is 1. The summed E-state index contributed by atoms with van der Waals surface area (Å²) in [5.74, 6) is -3.16. The number of aliphatic hydroxyl groups is 1. The van der Waals surface area contributed by atoms with Crippen molar-refractivity contribution in [1.29, 1.82) is 0 Å². The molecular weight excluding hydrogens is 659 g/mol. The van der Waals surface area contributed by atoms with Gasteiger partial charge in [-0.25, -0.2) is 9.59 Å². The molecule has 1 aromatic carbocycles. The first-order chi connectivity index (χ1) is 18.3. The molecule has 4 aliphatic rings. The Bertz CT molecular complexity index is 1250. The van der Waals surface area contributed by atoms with E-state index in [1.807, 2.05) is 0 Å². The Hall–Kier alpha value is -2.01. The van der Waals surface area contributed by atoms with Gasteiger partial charge >= 0.3 is 63.3 Å². The van der Waals surface area contributed by atoms with Gasteiger partial charge in [-0.05, 0) is 37.6 Å². The number of hydrogen-bond donors (Lipinski definition) is 6. The zero-order valence-electron chi connectivity index (χ0n) is 22.8. The number of benzene rings is 1. The van der Waals surface area contributed by atoms with Crippen LogP contribution in [0.2, 0.25) is 0 Å². The Balaban J connectivity index is 0. The number of nitrogens with two attached hydrogens (primary N) is 1. The molecule has 0 aliphatic carbocycles. The number of carboxylic acid groups (broad SMARTS) is 2. The van der Waals surface area contributed by atoms with E-state index in [9.17, 15) is 34.2 Å². The van der Waals surface area contributed by atoms with Crippen LogP contribution in [0, 0.1) is 0 Å². The third kappa shape index (κ3) is 8.22. The zero-order chi connectivity index (χ0) is 28.8. The van der Waals surface area contributed by atoms with Crippen molar-refractivity contribution in [2.45, 2.75) is 60.8 Å².